The second kappa shape index (κ2) is 38.3. The highest BCUT2D eigenvalue weighted by Crippen LogP contribution is 2.12. The highest BCUT2D eigenvalue weighted by molar-refractivity contribution is 5.69. The van der Waals surface area contributed by atoms with Gasteiger partial charge in [-0.15, -0.1) is 0 Å². The summed E-state index contributed by atoms with van der Waals surface area (Å²) in [5.41, 5.74) is 0. The van der Waals surface area contributed by atoms with Gasteiger partial charge in [0.1, 0.15) is 6.10 Å². The Morgan fingerprint density at radius 2 is 1.00 bits per heavy atom. The van der Waals surface area contributed by atoms with Gasteiger partial charge in [-0.2, -0.15) is 0 Å². The summed E-state index contributed by atoms with van der Waals surface area (Å²) in [7, 11) is 0. The van der Waals surface area contributed by atoms with Crippen LogP contribution in [0.4, 0.5) is 0 Å². The smallest absolute Gasteiger partial charge is 0.306 e. The van der Waals surface area contributed by atoms with Crippen molar-refractivity contribution in [2.45, 2.75) is 174 Å². The van der Waals surface area contributed by atoms with E-state index in [1.165, 1.54) is 96.3 Å². The lowest BCUT2D eigenvalue weighted by atomic mass is 10.1. The van der Waals surface area contributed by atoms with Crippen molar-refractivity contribution in [3.63, 3.8) is 0 Å². The molecule has 1 N–H and O–H groups in total. The summed E-state index contributed by atoms with van der Waals surface area (Å²) in [6, 6.07) is 0. The second-order valence-corrected chi connectivity index (χ2v) is 12.3. The van der Waals surface area contributed by atoms with Crippen LogP contribution in [0.15, 0.2) is 60.8 Å². The number of esters is 1. The first kappa shape index (κ1) is 43.1. The molecule has 0 bridgehead atoms. The maximum atomic E-state index is 12.2. The fourth-order valence-corrected chi connectivity index (χ4v) is 5.02. The fraction of sp³-hybridized carbons (Fsp3) is 0.732. The van der Waals surface area contributed by atoms with E-state index < -0.39 is 6.10 Å². The normalized spacial score (nSPS) is 13.0. The minimum absolute atomic E-state index is 0.183. The summed E-state index contributed by atoms with van der Waals surface area (Å²) in [6.07, 6.45) is 49.7. The molecule has 0 aromatic rings. The van der Waals surface area contributed by atoms with Crippen LogP contribution in [0.1, 0.15) is 168 Å². The molecule has 0 heterocycles. The Hall–Kier alpha value is -1.91. The Balaban J connectivity index is 3.50. The molecule has 1 unspecified atom stereocenters. The van der Waals surface area contributed by atoms with Gasteiger partial charge in [0.05, 0.1) is 13.2 Å². The van der Waals surface area contributed by atoms with Crippen LogP contribution in [0.3, 0.4) is 0 Å². The summed E-state index contributed by atoms with van der Waals surface area (Å²) in [5, 5.41) is 9.56. The van der Waals surface area contributed by atoms with Crippen molar-refractivity contribution >= 4 is 5.97 Å². The largest absolute Gasteiger partial charge is 0.457 e. The SMILES string of the molecule is CC/C=C\C/C=C\C/C=C\CCCCCCCCCC(=O)OC(CO)COCCCCCCCC/C=C\C/C=C\CCCCC. The highest BCUT2D eigenvalue weighted by Gasteiger charge is 2.13. The zero-order valence-corrected chi connectivity index (χ0v) is 29.6. The van der Waals surface area contributed by atoms with Crippen molar-refractivity contribution in [3.05, 3.63) is 60.8 Å². The maximum absolute atomic E-state index is 12.2. The Morgan fingerprint density at radius 1 is 0.556 bits per heavy atom. The van der Waals surface area contributed by atoms with Crippen LogP contribution in [0.25, 0.3) is 0 Å². The zero-order valence-electron chi connectivity index (χ0n) is 29.6. The minimum Gasteiger partial charge on any atom is -0.457 e. The number of hydrogen-bond donors (Lipinski definition) is 1. The molecule has 260 valence electrons. The first-order valence-corrected chi connectivity index (χ1v) is 18.9. The Morgan fingerprint density at radius 3 is 1.51 bits per heavy atom. The molecule has 45 heavy (non-hydrogen) atoms. The van der Waals surface area contributed by atoms with Crippen LogP contribution >= 0.6 is 0 Å². The standard InChI is InChI=1S/C41H72O4/c1-3-5-7-9-11-13-15-17-19-21-22-24-26-28-30-32-34-36-41(43)45-40(38-42)39-44-37-35-33-31-29-27-25-23-20-18-16-14-12-10-8-6-4-2/h5,7,11-14,17-20,40,42H,3-4,6,8-10,15-16,21-39H2,1-2H3/b7-5-,13-11-,14-12-,19-17-,20-18-. The highest BCUT2D eigenvalue weighted by atomic mass is 16.6. The number of rotatable bonds is 34. The molecule has 0 saturated heterocycles. The predicted octanol–water partition coefficient (Wildman–Crippen LogP) is 12.1. The van der Waals surface area contributed by atoms with Crippen molar-refractivity contribution in [1.29, 1.82) is 0 Å². The van der Waals surface area contributed by atoms with Gasteiger partial charge in [-0.25, -0.2) is 0 Å². The molecule has 0 aliphatic heterocycles. The third-order valence-corrected chi connectivity index (χ3v) is 7.83. The molecule has 0 amide bonds. The first-order chi connectivity index (χ1) is 22.2. The number of carbonyl (C=O) groups is 1. The van der Waals surface area contributed by atoms with Gasteiger partial charge in [-0.3, -0.25) is 4.79 Å². The van der Waals surface area contributed by atoms with E-state index in [9.17, 15) is 9.90 Å². The van der Waals surface area contributed by atoms with Crippen molar-refractivity contribution in [3.8, 4) is 0 Å². The third-order valence-electron chi connectivity index (χ3n) is 7.83. The van der Waals surface area contributed by atoms with E-state index in [0.29, 0.717) is 13.0 Å². The molecule has 0 saturated carbocycles. The minimum atomic E-state index is -0.546. The average molecular weight is 629 g/mol. The van der Waals surface area contributed by atoms with Crippen molar-refractivity contribution in [2.24, 2.45) is 0 Å². The lowest BCUT2D eigenvalue weighted by molar-refractivity contribution is -0.154. The molecule has 0 aliphatic carbocycles. The summed E-state index contributed by atoms with van der Waals surface area (Å²) < 4.78 is 11.1. The molecule has 0 radical (unpaired) electrons. The lowest BCUT2D eigenvalue weighted by Crippen LogP contribution is -2.27. The van der Waals surface area contributed by atoms with Crippen LogP contribution in [0, 0.1) is 0 Å². The van der Waals surface area contributed by atoms with Gasteiger partial charge in [0.2, 0.25) is 0 Å². The Labute approximate surface area is 279 Å². The fourth-order valence-electron chi connectivity index (χ4n) is 5.02. The molecule has 0 rings (SSSR count). The summed E-state index contributed by atoms with van der Waals surface area (Å²) in [4.78, 5) is 12.2. The van der Waals surface area contributed by atoms with Crippen molar-refractivity contribution in [2.75, 3.05) is 19.8 Å². The zero-order chi connectivity index (χ0) is 32.7. The number of aliphatic hydroxyl groups excluding tert-OH is 1. The van der Waals surface area contributed by atoms with E-state index in [-0.39, 0.29) is 19.2 Å². The number of ether oxygens (including phenoxy) is 2. The van der Waals surface area contributed by atoms with Crippen molar-refractivity contribution in [1.82, 2.24) is 0 Å². The summed E-state index contributed by atoms with van der Waals surface area (Å²) in [6.45, 7) is 5.17. The molecule has 0 fully saturated rings. The van der Waals surface area contributed by atoms with Gasteiger partial charge in [0, 0.05) is 13.0 Å². The second-order valence-electron chi connectivity index (χ2n) is 12.3. The predicted molar refractivity (Wildman–Crippen MR) is 196 cm³/mol. The first-order valence-electron chi connectivity index (χ1n) is 18.9. The number of carbonyl (C=O) groups excluding carboxylic acids is 1. The molecule has 0 aromatic carbocycles. The summed E-state index contributed by atoms with van der Waals surface area (Å²) in [5.74, 6) is -0.217. The van der Waals surface area contributed by atoms with Crippen LogP contribution in [0.5, 0.6) is 0 Å². The molecule has 0 aliphatic rings. The van der Waals surface area contributed by atoms with Gasteiger partial charge in [-0.05, 0) is 77.0 Å². The molecule has 4 nitrogen and oxygen atoms in total. The number of hydrogen-bond acceptors (Lipinski definition) is 4. The van der Waals surface area contributed by atoms with E-state index in [4.69, 9.17) is 9.47 Å². The quantitative estimate of drug-likeness (QED) is 0.0437. The van der Waals surface area contributed by atoms with Crippen LogP contribution in [0.2, 0.25) is 0 Å². The number of unbranched alkanes of at least 4 members (excludes halogenated alkanes) is 16. The maximum Gasteiger partial charge on any atom is 0.306 e. The molecular formula is C41H72O4. The summed E-state index contributed by atoms with van der Waals surface area (Å²) >= 11 is 0. The topological polar surface area (TPSA) is 55.8 Å². The third kappa shape index (κ3) is 36.4. The van der Waals surface area contributed by atoms with Gasteiger partial charge >= 0.3 is 5.97 Å². The molecule has 1 atom stereocenters. The lowest BCUT2D eigenvalue weighted by Gasteiger charge is -2.15. The molecule has 0 spiro atoms. The van der Waals surface area contributed by atoms with Gasteiger partial charge in [0.25, 0.3) is 0 Å². The monoisotopic (exact) mass is 629 g/mol. The van der Waals surface area contributed by atoms with Crippen molar-refractivity contribution < 1.29 is 19.4 Å². The molecular weight excluding hydrogens is 556 g/mol. The van der Waals surface area contributed by atoms with Gasteiger partial charge in [0.15, 0.2) is 0 Å². The Kier molecular flexibility index (Phi) is 36.6. The van der Waals surface area contributed by atoms with Crippen LogP contribution < -0.4 is 0 Å². The van der Waals surface area contributed by atoms with E-state index in [2.05, 4.69) is 74.6 Å². The van der Waals surface area contributed by atoms with E-state index >= 15 is 0 Å². The number of aliphatic hydroxyl groups is 1. The number of allylic oxidation sites excluding steroid dienone is 10. The van der Waals surface area contributed by atoms with Crippen LogP contribution in [-0.2, 0) is 14.3 Å². The van der Waals surface area contributed by atoms with E-state index in [1.807, 2.05) is 0 Å². The molecule has 0 aromatic heterocycles. The molecule has 4 heteroatoms. The van der Waals surface area contributed by atoms with E-state index in [0.717, 1.165) is 51.4 Å². The van der Waals surface area contributed by atoms with Crippen LogP contribution in [-0.4, -0.2) is 37.0 Å². The average Bonchev–Trinajstić information content (AvgIpc) is 3.05. The van der Waals surface area contributed by atoms with E-state index in [1.54, 1.807) is 0 Å². The van der Waals surface area contributed by atoms with Gasteiger partial charge < -0.3 is 14.6 Å². The van der Waals surface area contributed by atoms with Gasteiger partial charge in [-0.1, -0.05) is 145 Å². The Bertz CT molecular complexity index is 749.